The van der Waals surface area contributed by atoms with Gasteiger partial charge in [-0.05, 0) is 38.5 Å². The zero-order valence-electron chi connectivity index (χ0n) is 35.7. The number of nitrogens with zero attached hydrogens (tertiary/aromatic N) is 1. The lowest BCUT2D eigenvalue weighted by molar-refractivity contribution is -0.870. The van der Waals surface area contributed by atoms with Gasteiger partial charge in [-0.15, -0.1) is 0 Å². The fourth-order valence-electron chi connectivity index (χ4n) is 6.62. The predicted octanol–water partition coefficient (Wildman–Crippen LogP) is 11.7. The van der Waals surface area contributed by atoms with Crippen LogP contribution in [0.1, 0.15) is 213 Å². The molecule has 0 saturated carbocycles. The van der Waals surface area contributed by atoms with Crippen molar-refractivity contribution in [2.45, 2.75) is 225 Å². The van der Waals surface area contributed by atoms with Crippen LogP contribution in [0.2, 0.25) is 0 Å². The predicted molar refractivity (Wildman–Crippen MR) is 224 cm³/mol. The molecule has 0 spiro atoms. The number of hydrogen-bond donors (Lipinski definition) is 2. The highest BCUT2D eigenvalue weighted by molar-refractivity contribution is 7.45. The fraction of sp³-hybridized carbons (Fsp3) is 0.932. The number of phosphoric acid groups is 1. The number of unbranched alkanes of at least 4 members (excludes halogenated alkanes) is 26. The molecule has 0 aliphatic carbocycles. The molecular weight excluding hydrogens is 683 g/mol. The third-order valence-electron chi connectivity index (χ3n) is 10.3. The number of hydrogen-bond acceptors (Lipinski definition) is 6. The number of aliphatic hydroxyl groups excluding tert-OH is 1. The Morgan fingerprint density at radius 2 is 1.04 bits per heavy atom. The standard InChI is InChI=1S/C44H89N2O6P/c1-6-8-10-12-14-16-18-20-22-24-25-27-29-31-33-35-37-43(47)42(41-52-53(49,50)51-40-39-46(3,4)5)45-44(48)38-36-34-32-30-28-26-23-21-19-17-15-13-11-9-7-2/h17,19,42-43,47H,6-16,18,20-41H2,1-5H3,(H-,45,48,49,50)/b19-17-. The SMILES string of the molecule is CCCCCC/C=C\CCCCCCCCCC(=O)NC(COP(=O)([O-])OCC[N+](C)(C)C)C(O)CCCCCCCCCCCCCCCCCC. The van der Waals surface area contributed by atoms with Gasteiger partial charge in [0.25, 0.3) is 7.82 Å². The van der Waals surface area contributed by atoms with Gasteiger partial charge >= 0.3 is 0 Å². The molecule has 53 heavy (non-hydrogen) atoms. The van der Waals surface area contributed by atoms with E-state index >= 15 is 0 Å². The van der Waals surface area contributed by atoms with Crippen LogP contribution in [-0.4, -0.2) is 68.5 Å². The molecule has 0 bridgehead atoms. The summed E-state index contributed by atoms with van der Waals surface area (Å²) in [5, 5.41) is 13.9. The van der Waals surface area contributed by atoms with Crippen molar-refractivity contribution in [1.82, 2.24) is 5.32 Å². The van der Waals surface area contributed by atoms with Gasteiger partial charge in [-0.2, -0.15) is 0 Å². The van der Waals surface area contributed by atoms with Crippen molar-refractivity contribution in [2.24, 2.45) is 0 Å². The van der Waals surface area contributed by atoms with Crippen LogP contribution in [0, 0.1) is 0 Å². The van der Waals surface area contributed by atoms with E-state index in [1.54, 1.807) is 0 Å². The van der Waals surface area contributed by atoms with Gasteiger partial charge in [0.05, 0.1) is 39.9 Å². The molecule has 0 radical (unpaired) electrons. The van der Waals surface area contributed by atoms with Crippen LogP contribution in [0.25, 0.3) is 0 Å². The number of likely N-dealkylation sites (N-methyl/N-ethyl adjacent to an activating group) is 1. The van der Waals surface area contributed by atoms with Gasteiger partial charge in [0, 0.05) is 6.42 Å². The van der Waals surface area contributed by atoms with Crippen LogP contribution in [0.5, 0.6) is 0 Å². The topological polar surface area (TPSA) is 108 Å². The van der Waals surface area contributed by atoms with Crippen molar-refractivity contribution in [3.05, 3.63) is 12.2 Å². The summed E-state index contributed by atoms with van der Waals surface area (Å²) in [7, 11) is 1.31. The Hall–Kier alpha value is -0.760. The van der Waals surface area contributed by atoms with E-state index in [0.717, 1.165) is 38.5 Å². The first-order valence-electron chi connectivity index (χ1n) is 22.5. The molecule has 0 aromatic carbocycles. The van der Waals surface area contributed by atoms with Gasteiger partial charge < -0.3 is 28.8 Å². The quantitative estimate of drug-likeness (QED) is 0.0277. The zero-order chi connectivity index (χ0) is 39.3. The molecule has 9 heteroatoms. The second-order valence-electron chi connectivity index (χ2n) is 16.8. The van der Waals surface area contributed by atoms with E-state index in [4.69, 9.17) is 9.05 Å². The van der Waals surface area contributed by atoms with E-state index in [-0.39, 0.29) is 19.1 Å². The number of carbonyl (C=O) groups excluding carboxylic acids is 1. The lowest BCUT2D eigenvalue weighted by Crippen LogP contribution is -2.46. The Morgan fingerprint density at radius 1 is 0.642 bits per heavy atom. The molecule has 0 heterocycles. The van der Waals surface area contributed by atoms with E-state index in [1.807, 2.05) is 21.1 Å². The van der Waals surface area contributed by atoms with Crippen molar-refractivity contribution >= 4 is 13.7 Å². The largest absolute Gasteiger partial charge is 0.756 e. The van der Waals surface area contributed by atoms with Gasteiger partial charge in [0.2, 0.25) is 5.91 Å². The van der Waals surface area contributed by atoms with Crippen LogP contribution in [-0.2, 0) is 18.4 Å². The Kier molecular flexibility index (Phi) is 36.3. The minimum Gasteiger partial charge on any atom is -0.756 e. The number of quaternary nitrogens is 1. The molecule has 0 aliphatic rings. The van der Waals surface area contributed by atoms with Crippen molar-refractivity contribution < 1.29 is 32.9 Å². The first kappa shape index (κ1) is 52.2. The number of carbonyl (C=O) groups is 1. The van der Waals surface area contributed by atoms with Crippen LogP contribution in [0.4, 0.5) is 0 Å². The molecule has 0 rings (SSSR count). The minimum absolute atomic E-state index is 0.0132. The molecule has 3 atom stereocenters. The number of amides is 1. The third kappa shape index (κ3) is 39.3. The molecule has 3 unspecified atom stereocenters. The Bertz CT molecular complexity index is 880. The van der Waals surface area contributed by atoms with E-state index in [2.05, 4.69) is 31.3 Å². The monoisotopic (exact) mass is 773 g/mol. The van der Waals surface area contributed by atoms with Crippen molar-refractivity contribution in [1.29, 1.82) is 0 Å². The molecular formula is C44H89N2O6P. The second kappa shape index (κ2) is 36.9. The number of allylic oxidation sites excluding steroid dienone is 2. The van der Waals surface area contributed by atoms with Crippen molar-refractivity contribution in [2.75, 3.05) is 40.9 Å². The number of aliphatic hydroxyl groups is 1. The maximum Gasteiger partial charge on any atom is 0.268 e. The summed E-state index contributed by atoms with van der Waals surface area (Å²) in [4.78, 5) is 25.3. The summed E-state index contributed by atoms with van der Waals surface area (Å²) in [6.07, 6.45) is 40.6. The Labute approximate surface area is 329 Å². The smallest absolute Gasteiger partial charge is 0.268 e. The minimum atomic E-state index is -4.56. The Balaban J connectivity index is 4.35. The molecule has 0 aromatic rings. The van der Waals surface area contributed by atoms with Crippen molar-refractivity contribution in [3.63, 3.8) is 0 Å². The first-order chi connectivity index (χ1) is 25.5. The molecule has 0 fully saturated rings. The summed E-state index contributed by atoms with van der Waals surface area (Å²) in [6, 6.07) is -0.798. The summed E-state index contributed by atoms with van der Waals surface area (Å²) in [5.41, 5.74) is 0. The number of phosphoric ester groups is 1. The molecule has 2 N–H and O–H groups in total. The van der Waals surface area contributed by atoms with Gasteiger partial charge in [0.15, 0.2) is 0 Å². The maximum absolute atomic E-state index is 12.9. The second-order valence-corrected chi connectivity index (χ2v) is 18.2. The third-order valence-corrected chi connectivity index (χ3v) is 11.2. The maximum atomic E-state index is 12.9. The highest BCUT2D eigenvalue weighted by Gasteiger charge is 2.24. The van der Waals surface area contributed by atoms with E-state index in [9.17, 15) is 19.4 Å². The van der Waals surface area contributed by atoms with E-state index in [1.165, 1.54) is 148 Å². The highest BCUT2D eigenvalue weighted by atomic mass is 31.2. The normalized spacial score (nSPS) is 14.5. The van der Waals surface area contributed by atoms with Gasteiger partial charge in [-0.1, -0.05) is 180 Å². The summed E-state index contributed by atoms with van der Waals surface area (Å²) in [6.45, 7) is 4.71. The van der Waals surface area contributed by atoms with Crippen LogP contribution in [0.15, 0.2) is 12.2 Å². The molecule has 0 saturated heterocycles. The van der Waals surface area contributed by atoms with Crippen LogP contribution < -0.4 is 10.2 Å². The Morgan fingerprint density at radius 3 is 1.49 bits per heavy atom. The number of rotatable bonds is 41. The van der Waals surface area contributed by atoms with E-state index in [0.29, 0.717) is 23.9 Å². The van der Waals surface area contributed by atoms with E-state index < -0.39 is 20.0 Å². The molecule has 8 nitrogen and oxygen atoms in total. The summed E-state index contributed by atoms with van der Waals surface area (Å²) < 4.78 is 23.3. The highest BCUT2D eigenvalue weighted by Crippen LogP contribution is 2.38. The molecule has 316 valence electrons. The van der Waals surface area contributed by atoms with Gasteiger partial charge in [-0.3, -0.25) is 9.36 Å². The van der Waals surface area contributed by atoms with Crippen molar-refractivity contribution in [3.8, 4) is 0 Å². The molecule has 0 aliphatic heterocycles. The molecule has 1 amide bonds. The summed E-state index contributed by atoms with van der Waals surface area (Å²) >= 11 is 0. The lowest BCUT2D eigenvalue weighted by atomic mass is 10.0. The zero-order valence-corrected chi connectivity index (χ0v) is 36.6. The average molecular weight is 773 g/mol. The lowest BCUT2D eigenvalue weighted by Gasteiger charge is -2.30. The van der Waals surface area contributed by atoms with Gasteiger partial charge in [-0.25, -0.2) is 0 Å². The summed E-state index contributed by atoms with van der Waals surface area (Å²) in [5.74, 6) is -0.169. The average Bonchev–Trinajstić information content (AvgIpc) is 3.10. The first-order valence-corrected chi connectivity index (χ1v) is 24.0. The fourth-order valence-corrected chi connectivity index (χ4v) is 7.35. The van der Waals surface area contributed by atoms with Gasteiger partial charge in [0.1, 0.15) is 13.2 Å². The van der Waals surface area contributed by atoms with Crippen LogP contribution in [0.3, 0.4) is 0 Å². The van der Waals surface area contributed by atoms with Crippen LogP contribution >= 0.6 is 7.82 Å². The number of nitrogens with one attached hydrogen (secondary N) is 1. The molecule has 0 aromatic heterocycles.